The van der Waals surface area contributed by atoms with Crippen molar-refractivity contribution in [2.75, 3.05) is 18.5 Å². The number of carbonyl (C=O) groups is 1. The van der Waals surface area contributed by atoms with Crippen LogP contribution in [0.1, 0.15) is 37.4 Å². The van der Waals surface area contributed by atoms with Crippen molar-refractivity contribution >= 4 is 27.8 Å². The quantitative estimate of drug-likeness (QED) is 0.478. The molecular weight excluding hydrogens is 252 g/mol. The zero-order chi connectivity index (χ0) is 14.1. The lowest BCUT2D eigenvalue weighted by molar-refractivity contribution is -0.383. The SMILES string of the molecule is CC(=O)c1cc([N+](=O)[O-])c(N(C)CC(C)(C)C)s1. The smallest absolute Gasteiger partial charge is 0.304 e. The summed E-state index contributed by atoms with van der Waals surface area (Å²) >= 11 is 1.18. The van der Waals surface area contributed by atoms with E-state index < -0.39 is 4.92 Å². The van der Waals surface area contributed by atoms with Gasteiger partial charge in [-0.3, -0.25) is 14.9 Å². The first kappa shape index (κ1) is 14.6. The van der Waals surface area contributed by atoms with E-state index in [1.807, 2.05) is 11.9 Å². The second kappa shape index (κ2) is 5.06. The molecule has 1 rings (SSSR count). The number of rotatable bonds is 4. The van der Waals surface area contributed by atoms with Crippen LogP contribution >= 0.6 is 11.3 Å². The lowest BCUT2D eigenvalue weighted by atomic mass is 9.96. The van der Waals surface area contributed by atoms with Crippen LogP contribution in [0, 0.1) is 15.5 Å². The van der Waals surface area contributed by atoms with E-state index in [9.17, 15) is 14.9 Å². The van der Waals surface area contributed by atoms with Gasteiger partial charge in [-0.2, -0.15) is 0 Å². The lowest BCUT2D eigenvalue weighted by Crippen LogP contribution is -2.28. The Bertz CT molecular complexity index is 474. The van der Waals surface area contributed by atoms with Crippen molar-refractivity contribution in [3.63, 3.8) is 0 Å². The van der Waals surface area contributed by atoms with Crippen LogP contribution in [0.5, 0.6) is 0 Å². The summed E-state index contributed by atoms with van der Waals surface area (Å²) in [7, 11) is 1.81. The molecule has 0 amide bonds. The van der Waals surface area contributed by atoms with Crippen LogP contribution in [0.3, 0.4) is 0 Å². The Morgan fingerprint density at radius 2 is 2.06 bits per heavy atom. The molecule has 0 radical (unpaired) electrons. The van der Waals surface area contributed by atoms with Gasteiger partial charge in [-0.25, -0.2) is 0 Å². The molecule has 0 unspecified atom stereocenters. The highest BCUT2D eigenvalue weighted by atomic mass is 32.1. The molecule has 0 saturated carbocycles. The number of nitro groups is 1. The third-order valence-electron chi connectivity index (χ3n) is 2.30. The van der Waals surface area contributed by atoms with Crippen LogP contribution in [-0.4, -0.2) is 24.3 Å². The first-order valence-electron chi connectivity index (χ1n) is 5.62. The Kier molecular flexibility index (Phi) is 4.11. The molecule has 0 N–H and O–H groups in total. The minimum atomic E-state index is -0.433. The van der Waals surface area contributed by atoms with Gasteiger partial charge in [0.2, 0.25) is 0 Å². The van der Waals surface area contributed by atoms with Gasteiger partial charge in [0.05, 0.1) is 9.80 Å². The molecule has 0 saturated heterocycles. The van der Waals surface area contributed by atoms with Crippen LogP contribution in [0.25, 0.3) is 0 Å². The molecule has 0 aromatic carbocycles. The van der Waals surface area contributed by atoms with Crippen molar-refractivity contribution in [1.82, 2.24) is 0 Å². The van der Waals surface area contributed by atoms with Gasteiger partial charge in [-0.05, 0) is 12.3 Å². The highest BCUT2D eigenvalue weighted by molar-refractivity contribution is 7.18. The molecule has 5 nitrogen and oxygen atoms in total. The summed E-state index contributed by atoms with van der Waals surface area (Å²) in [6.07, 6.45) is 0. The molecule has 0 aliphatic rings. The first-order valence-corrected chi connectivity index (χ1v) is 6.44. The molecule has 1 aromatic rings. The molecule has 0 fully saturated rings. The van der Waals surface area contributed by atoms with E-state index >= 15 is 0 Å². The number of hydrogen-bond donors (Lipinski definition) is 0. The van der Waals surface area contributed by atoms with Gasteiger partial charge in [-0.15, -0.1) is 11.3 Å². The molecule has 0 aliphatic heterocycles. The number of anilines is 1. The summed E-state index contributed by atoms with van der Waals surface area (Å²) in [5, 5.41) is 11.5. The van der Waals surface area contributed by atoms with E-state index in [-0.39, 0.29) is 16.9 Å². The third-order valence-corrected chi connectivity index (χ3v) is 3.63. The number of Topliss-reactive ketones (excluding diaryl/α,β-unsaturated/α-hetero) is 1. The highest BCUT2D eigenvalue weighted by Gasteiger charge is 2.25. The van der Waals surface area contributed by atoms with Crippen molar-refractivity contribution in [2.24, 2.45) is 5.41 Å². The fourth-order valence-corrected chi connectivity index (χ4v) is 2.71. The van der Waals surface area contributed by atoms with Crippen LogP contribution in [0.15, 0.2) is 6.07 Å². The first-order chi connectivity index (χ1) is 8.11. The van der Waals surface area contributed by atoms with E-state index in [1.54, 1.807) is 0 Å². The van der Waals surface area contributed by atoms with Crippen LogP contribution in [0.2, 0.25) is 0 Å². The summed E-state index contributed by atoms with van der Waals surface area (Å²) in [4.78, 5) is 24.2. The van der Waals surface area contributed by atoms with Crippen LogP contribution < -0.4 is 4.90 Å². The van der Waals surface area contributed by atoms with Gasteiger partial charge in [-0.1, -0.05) is 20.8 Å². The zero-order valence-corrected chi connectivity index (χ0v) is 12.1. The van der Waals surface area contributed by atoms with Gasteiger partial charge >= 0.3 is 5.69 Å². The van der Waals surface area contributed by atoms with Gasteiger partial charge in [0, 0.05) is 19.7 Å². The van der Waals surface area contributed by atoms with E-state index in [2.05, 4.69) is 20.8 Å². The second-order valence-electron chi connectivity index (χ2n) is 5.53. The second-order valence-corrected chi connectivity index (χ2v) is 6.56. The Morgan fingerprint density at radius 3 is 2.44 bits per heavy atom. The molecule has 0 aliphatic carbocycles. The molecular formula is C12H18N2O3S. The summed E-state index contributed by atoms with van der Waals surface area (Å²) in [6, 6.07) is 1.36. The zero-order valence-electron chi connectivity index (χ0n) is 11.3. The van der Waals surface area contributed by atoms with Crippen molar-refractivity contribution in [2.45, 2.75) is 27.7 Å². The molecule has 0 atom stereocenters. The summed E-state index contributed by atoms with van der Waals surface area (Å²) in [5.41, 5.74) is 0.0418. The van der Waals surface area contributed by atoms with E-state index in [1.165, 1.54) is 24.3 Å². The van der Waals surface area contributed by atoms with Crippen LogP contribution in [-0.2, 0) is 0 Å². The maximum absolute atomic E-state index is 11.3. The van der Waals surface area contributed by atoms with Gasteiger partial charge in [0.25, 0.3) is 0 Å². The molecule has 0 bridgehead atoms. The number of thiophene rings is 1. The summed E-state index contributed by atoms with van der Waals surface area (Å²) < 4.78 is 0. The van der Waals surface area contributed by atoms with E-state index in [4.69, 9.17) is 0 Å². The van der Waals surface area contributed by atoms with Gasteiger partial charge in [0.1, 0.15) is 0 Å². The summed E-state index contributed by atoms with van der Waals surface area (Å²) in [6.45, 7) is 8.30. The van der Waals surface area contributed by atoms with Crippen molar-refractivity contribution in [3.05, 3.63) is 21.1 Å². The predicted octanol–water partition coefficient (Wildman–Crippen LogP) is 3.34. The molecule has 100 valence electrons. The number of nitrogens with zero attached hydrogens (tertiary/aromatic N) is 2. The molecule has 18 heavy (non-hydrogen) atoms. The Balaban J connectivity index is 3.13. The Labute approximate surface area is 111 Å². The highest BCUT2D eigenvalue weighted by Crippen LogP contribution is 2.38. The monoisotopic (exact) mass is 270 g/mol. The van der Waals surface area contributed by atoms with Gasteiger partial charge < -0.3 is 4.90 Å². The predicted molar refractivity (Wildman–Crippen MR) is 73.7 cm³/mol. The topological polar surface area (TPSA) is 63.4 Å². The number of hydrogen-bond acceptors (Lipinski definition) is 5. The molecule has 1 aromatic heterocycles. The fourth-order valence-electron chi connectivity index (χ4n) is 1.73. The number of carbonyl (C=O) groups excluding carboxylic acids is 1. The van der Waals surface area contributed by atoms with Gasteiger partial charge in [0.15, 0.2) is 10.8 Å². The Morgan fingerprint density at radius 1 is 1.50 bits per heavy atom. The lowest BCUT2D eigenvalue weighted by Gasteiger charge is -2.26. The minimum absolute atomic E-state index is 0.0111. The fraction of sp³-hybridized carbons (Fsp3) is 0.583. The largest absolute Gasteiger partial charge is 0.360 e. The Hall–Kier alpha value is -1.43. The molecule has 1 heterocycles. The normalized spacial score (nSPS) is 11.4. The number of ketones is 1. The maximum Gasteiger partial charge on any atom is 0.304 e. The standard InChI is InChI=1S/C12H18N2O3S/c1-8(15)10-6-9(14(16)17)11(18-10)13(5)7-12(2,3)4/h6H,7H2,1-5H3. The van der Waals surface area contributed by atoms with Crippen LogP contribution in [0.4, 0.5) is 10.7 Å². The van der Waals surface area contributed by atoms with Crippen molar-refractivity contribution in [1.29, 1.82) is 0 Å². The average molecular weight is 270 g/mol. The van der Waals surface area contributed by atoms with Crippen molar-refractivity contribution in [3.8, 4) is 0 Å². The van der Waals surface area contributed by atoms with E-state index in [0.717, 1.165) is 0 Å². The molecule has 0 spiro atoms. The van der Waals surface area contributed by atoms with Crippen molar-refractivity contribution < 1.29 is 9.72 Å². The third kappa shape index (κ3) is 3.53. The summed E-state index contributed by atoms with van der Waals surface area (Å²) in [5.74, 6) is -0.140. The average Bonchev–Trinajstić information content (AvgIpc) is 2.58. The van der Waals surface area contributed by atoms with E-state index in [0.29, 0.717) is 16.4 Å². The maximum atomic E-state index is 11.3. The minimum Gasteiger partial charge on any atom is -0.360 e. The molecule has 6 heteroatoms.